The molecule has 5 nitrogen and oxygen atoms in total. The van der Waals surface area contributed by atoms with E-state index in [1.807, 2.05) is 0 Å². The van der Waals surface area contributed by atoms with Crippen molar-refractivity contribution >= 4 is 5.65 Å². The first kappa shape index (κ1) is 22.1. The number of nitrogens with zero attached hydrogens (tertiary/aromatic N) is 2. The number of pyridine rings is 1. The van der Waals surface area contributed by atoms with Crippen LogP contribution in [0, 0.1) is 0 Å². The highest BCUT2D eigenvalue weighted by molar-refractivity contribution is 5.68. The van der Waals surface area contributed by atoms with Crippen molar-refractivity contribution in [1.29, 1.82) is 0 Å². The van der Waals surface area contributed by atoms with Crippen molar-refractivity contribution in [2.24, 2.45) is 0 Å². The van der Waals surface area contributed by atoms with Crippen molar-refractivity contribution in [2.45, 2.75) is 31.3 Å². The van der Waals surface area contributed by atoms with E-state index in [9.17, 15) is 31.1 Å². The number of aromatic nitrogens is 2. The monoisotopic (exact) mass is 458 g/mol. The van der Waals surface area contributed by atoms with Gasteiger partial charge in [-0.2, -0.15) is 26.3 Å². The molecule has 2 aromatic heterocycles. The number of alkyl halides is 6. The first-order valence-electron chi connectivity index (χ1n) is 9.45. The van der Waals surface area contributed by atoms with Crippen LogP contribution in [0.15, 0.2) is 47.4 Å². The van der Waals surface area contributed by atoms with Gasteiger partial charge in [0.15, 0.2) is 12.3 Å². The van der Waals surface area contributed by atoms with E-state index in [4.69, 9.17) is 4.74 Å². The first-order chi connectivity index (χ1) is 14.9. The van der Waals surface area contributed by atoms with Crippen LogP contribution in [0.3, 0.4) is 0 Å². The van der Waals surface area contributed by atoms with Crippen LogP contribution in [-0.2, 0) is 16.5 Å². The number of benzene rings is 1. The molecule has 1 saturated heterocycles. The molecule has 0 N–H and O–H groups in total. The molecule has 3 aromatic rings. The molecule has 0 spiro atoms. The van der Waals surface area contributed by atoms with Crippen molar-refractivity contribution in [3.8, 4) is 16.9 Å². The zero-order valence-electron chi connectivity index (χ0n) is 16.5. The lowest BCUT2D eigenvalue weighted by Gasteiger charge is -2.39. The van der Waals surface area contributed by atoms with Gasteiger partial charge in [-0.15, -0.1) is 0 Å². The van der Waals surface area contributed by atoms with Gasteiger partial charge in [-0.3, -0.25) is 9.20 Å². The zero-order chi connectivity index (χ0) is 23.3. The summed E-state index contributed by atoms with van der Waals surface area (Å²) in [6.07, 6.45) is -7.50. The van der Waals surface area contributed by atoms with Crippen molar-refractivity contribution in [1.82, 2.24) is 9.38 Å². The second kappa shape index (κ2) is 7.51. The van der Waals surface area contributed by atoms with Crippen molar-refractivity contribution in [3.63, 3.8) is 0 Å². The molecule has 1 atom stereocenters. The quantitative estimate of drug-likeness (QED) is 0.519. The van der Waals surface area contributed by atoms with Crippen LogP contribution in [0.1, 0.15) is 24.6 Å². The average molecular weight is 458 g/mol. The molecule has 0 radical (unpaired) electrons. The Hall–Kier alpha value is -3.08. The van der Waals surface area contributed by atoms with Crippen LogP contribution in [0.5, 0.6) is 5.75 Å². The Morgan fingerprint density at radius 1 is 1.12 bits per heavy atom. The standard InChI is InChI=1S/C21H16F6N2O3/c1-19(7-9-32-19)13-6-8-29-15(10-13)28-17(21(25,26)27)16(18(29)30)12-2-4-14(5-3-12)31-11-20(22,23)24/h2-6,8,10H,7,9,11H2,1H3. The molecule has 3 heterocycles. The minimum Gasteiger partial charge on any atom is -0.484 e. The predicted molar refractivity (Wildman–Crippen MR) is 101 cm³/mol. The average Bonchev–Trinajstić information content (AvgIpc) is 2.69. The molecule has 0 aliphatic carbocycles. The molecule has 0 amide bonds. The molecule has 1 unspecified atom stereocenters. The van der Waals surface area contributed by atoms with Crippen LogP contribution >= 0.6 is 0 Å². The highest BCUT2D eigenvalue weighted by Crippen LogP contribution is 2.38. The lowest BCUT2D eigenvalue weighted by molar-refractivity contribution is -0.153. The summed E-state index contributed by atoms with van der Waals surface area (Å²) in [7, 11) is 0. The highest BCUT2D eigenvalue weighted by Gasteiger charge is 2.39. The lowest BCUT2D eigenvalue weighted by Crippen LogP contribution is -2.38. The van der Waals surface area contributed by atoms with Crippen LogP contribution in [0.25, 0.3) is 16.8 Å². The largest absolute Gasteiger partial charge is 0.484 e. The Kier molecular flexibility index (Phi) is 5.19. The Labute approximate surface area is 177 Å². The maximum absolute atomic E-state index is 13.8. The fraction of sp³-hybridized carbons (Fsp3) is 0.333. The minimum atomic E-state index is -4.94. The summed E-state index contributed by atoms with van der Waals surface area (Å²) < 4.78 is 89.3. The van der Waals surface area contributed by atoms with Gasteiger partial charge in [0.2, 0.25) is 0 Å². The van der Waals surface area contributed by atoms with E-state index < -0.39 is 41.4 Å². The van der Waals surface area contributed by atoms with Crippen LogP contribution in [0.4, 0.5) is 26.3 Å². The molecular weight excluding hydrogens is 442 g/mol. The van der Waals surface area contributed by atoms with Gasteiger partial charge in [-0.05, 0) is 42.3 Å². The Morgan fingerprint density at radius 2 is 1.78 bits per heavy atom. The van der Waals surface area contributed by atoms with E-state index in [-0.39, 0.29) is 17.0 Å². The number of hydrogen-bond acceptors (Lipinski definition) is 4. The Balaban J connectivity index is 1.81. The number of rotatable bonds is 4. The number of hydrogen-bond donors (Lipinski definition) is 0. The molecule has 11 heteroatoms. The van der Waals surface area contributed by atoms with Crippen molar-refractivity contribution in [3.05, 3.63) is 64.2 Å². The van der Waals surface area contributed by atoms with E-state index >= 15 is 0 Å². The molecular formula is C21H16F6N2O3. The third kappa shape index (κ3) is 4.16. The second-order valence-corrected chi connectivity index (χ2v) is 7.54. The number of halogens is 6. The lowest BCUT2D eigenvalue weighted by atomic mass is 9.89. The van der Waals surface area contributed by atoms with Gasteiger partial charge in [0.05, 0.1) is 17.8 Å². The van der Waals surface area contributed by atoms with Gasteiger partial charge in [-0.25, -0.2) is 4.98 Å². The van der Waals surface area contributed by atoms with Crippen LogP contribution in [-0.4, -0.2) is 28.8 Å². The molecule has 4 rings (SSSR count). The zero-order valence-corrected chi connectivity index (χ0v) is 16.5. The summed E-state index contributed by atoms with van der Waals surface area (Å²) in [5.74, 6) is -0.202. The fourth-order valence-electron chi connectivity index (χ4n) is 3.45. The maximum atomic E-state index is 13.8. The van der Waals surface area contributed by atoms with Gasteiger partial charge in [0.25, 0.3) is 5.56 Å². The number of fused-ring (bicyclic) bond motifs is 1. The molecule has 0 bridgehead atoms. The summed E-state index contributed by atoms with van der Waals surface area (Å²) in [5.41, 5.74) is -3.45. The van der Waals surface area contributed by atoms with Gasteiger partial charge in [-0.1, -0.05) is 12.1 Å². The van der Waals surface area contributed by atoms with E-state index in [1.54, 1.807) is 13.0 Å². The molecule has 1 aromatic carbocycles. The van der Waals surface area contributed by atoms with Gasteiger partial charge in [0.1, 0.15) is 11.4 Å². The highest BCUT2D eigenvalue weighted by atomic mass is 19.4. The van der Waals surface area contributed by atoms with Crippen LogP contribution in [0.2, 0.25) is 0 Å². The van der Waals surface area contributed by atoms with Gasteiger partial charge < -0.3 is 9.47 Å². The molecule has 170 valence electrons. The molecule has 0 saturated carbocycles. The van der Waals surface area contributed by atoms with Gasteiger partial charge in [0, 0.05) is 12.6 Å². The van der Waals surface area contributed by atoms with E-state index in [0.717, 1.165) is 28.7 Å². The fourth-order valence-corrected chi connectivity index (χ4v) is 3.45. The summed E-state index contributed by atoms with van der Waals surface area (Å²) >= 11 is 0. The third-order valence-electron chi connectivity index (χ3n) is 5.25. The normalized spacial score (nSPS) is 19.1. The summed E-state index contributed by atoms with van der Waals surface area (Å²) in [6, 6.07) is 7.27. The minimum absolute atomic E-state index is 0.151. The van der Waals surface area contributed by atoms with Gasteiger partial charge >= 0.3 is 12.4 Å². The summed E-state index contributed by atoms with van der Waals surface area (Å²) in [5, 5.41) is 0. The summed E-state index contributed by atoms with van der Waals surface area (Å²) in [6.45, 7) is 0.768. The molecule has 1 fully saturated rings. The Bertz CT molecular complexity index is 1210. The first-order valence-corrected chi connectivity index (χ1v) is 9.45. The van der Waals surface area contributed by atoms with E-state index in [2.05, 4.69) is 9.72 Å². The molecule has 1 aliphatic heterocycles. The third-order valence-corrected chi connectivity index (χ3v) is 5.25. The second-order valence-electron chi connectivity index (χ2n) is 7.54. The topological polar surface area (TPSA) is 52.8 Å². The number of ether oxygens (including phenoxy) is 2. The van der Waals surface area contributed by atoms with Crippen molar-refractivity contribution < 1.29 is 35.8 Å². The maximum Gasteiger partial charge on any atom is 0.434 e. The van der Waals surface area contributed by atoms with E-state index in [1.165, 1.54) is 12.3 Å². The van der Waals surface area contributed by atoms with Crippen molar-refractivity contribution in [2.75, 3.05) is 13.2 Å². The van der Waals surface area contributed by atoms with Crippen LogP contribution < -0.4 is 10.3 Å². The predicted octanol–water partition coefficient (Wildman–Crippen LogP) is 4.96. The molecule has 32 heavy (non-hydrogen) atoms. The summed E-state index contributed by atoms with van der Waals surface area (Å²) in [4.78, 5) is 16.7. The van der Waals surface area contributed by atoms with E-state index in [0.29, 0.717) is 18.6 Å². The Morgan fingerprint density at radius 3 is 2.31 bits per heavy atom. The SMILES string of the molecule is CC1(c2ccn3c(=O)c(-c4ccc(OCC(F)(F)F)cc4)c(C(F)(F)F)nc3c2)CCO1. The smallest absolute Gasteiger partial charge is 0.434 e. The molecule has 1 aliphatic rings.